The third-order valence-electron chi connectivity index (χ3n) is 4.62. The summed E-state index contributed by atoms with van der Waals surface area (Å²) in [6.45, 7) is 1.71. The number of nitrogens with zero attached hydrogens (tertiary/aromatic N) is 6. The van der Waals surface area contributed by atoms with E-state index in [1.807, 2.05) is 40.7 Å². The lowest BCUT2D eigenvalue weighted by Gasteiger charge is -2.22. The molecule has 23 heavy (non-hydrogen) atoms. The molecule has 3 aromatic heterocycles. The van der Waals surface area contributed by atoms with Gasteiger partial charge in [-0.1, -0.05) is 6.07 Å². The second kappa shape index (κ2) is 5.75. The molecule has 0 bridgehead atoms. The van der Waals surface area contributed by atoms with Crippen LogP contribution in [-0.2, 0) is 18.3 Å². The molecule has 4 rings (SSSR count). The molecule has 0 saturated carbocycles. The molecule has 7 nitrogen and oxygen atoms in total. The van der Waals surface area contributed by atoms with Crippen molar-refractivity contribution in [1.29, 1.82) is 0 Å². The van der Waals surface area contributed by atoms with Gasteiger partial charge >= 0.3 is 0 Å². The highest BCUT2D eigenvalue weighted by molar-refractivity contribution is 5.53. The molecule has 1 aliphatic rings. The van der Waals surface area contributed by atoms with E-state index in [1.165, 1.54) is 5.56 Å². The topological polar surface area (TPSA) is 60.5 Å². The van der Waals surface area contributed by atoms with Crippen molar-refractivity contribution in [3.05, 3.63) is 48.3 Å². The Kier molecular flexibility index (Phi) is 3.59. The van der Waals surface area contributed by atoms with Crippen molar-refractivity contribution >= 4 is 5.52 Å². The van der Waals surface area contributed by atoms with Crippen molar-refractivity contribution in [3.8, 4) is 0 Å². The first-order valence-electron chi connectivity index (χ1n) is 7.78. The highest BCUT2D eigenvalue weighted by atomic mass is 16.5. The van der Waals surface area contributed by atoms with E-state index >= 15 is 0 Å². The smallest absolute Gasteiger partial charge is 0.150 e. The summed E-state index contributed by atoms with van der Waals surface area (Å²) in [4.78, 5) is 2.40. The molecule has 1 fully saturated rings. The fourth-order valence-corrected chi connectivity index (χ4v) is 3.40. The summed E-state index contributed by atoms with van der Waals surface area (Å²) < 4.78 is 9.50. The van der Waals surface area contributed by atoms with Gasteiger partial charge in [0.2, 0.25) is 0 Å². The maximum Gasteiger partial charge on any atom is 0.150 e. The van der Waals surface area contributed by atoms with Gasteiger partial charge < -0.3 is 9.30 Å². The molecule has 3 aromatic rings. The Hall–Kier alpha value is -2.25. The van der Waals surface area contributed by atoms with Gasteiger partial charge in [-0.05, 0) is 18.6 Å². The van der Waals surface area contributed by atoms with E-state index < -0.39 is 0 Å². The van der Waals surface area contributed by atoms with Crippen molar-refractivity contribution in [2.45, 2.75) is 25.1 Å². The molecule has 1 aliphatic heterocycles. The first-order chi connectivity index (χ1) is 11.3. The van der Waals surface area contributed by atoms with Crippen LogP contribution >= 0.6 is 0 Å². The van der Waals surface area contributed by atoms with Gasteiger partial charge in [0.05, 0.1) is 23.9 Å². The van der Waals surface area contributed by atoms with Gasteiger partial charge in [0.25, 0.3) is 0 Å². The van der Waals surface area contributed by atoms with Gasteiger partial charge in [-0.15, -0.1) is 10.2 Å². The quantitative estimate of drug-likeness (QED) is 0.729. The molecule has 2 atom stereocenters. The lowest BCUT2D eigenvalue weighted by atomic mass is 10.1. The number of hydrogen-bond acceptors (Lipinski definition) is 5. The Labute approximate surface area is 134 Å². The van der Waals surface area contributed by atoms with Crippen LogP contribution in [0.1, 0.15) is 23.9 Å². The van der Waals surface area contributed by atoms with Gasteiger partial charge in [-0.3, -0.25) is 4.90 Å². The fourth-order valence-electron chi connectivity index (χ4n) is 3.40. The molecule has 0 amide bonds. The minimum atomic E-state index is 0.214. The maximum atomic E-state index is 5.60. The van der Waals surface area contributed by atoms with E-state index in [0.29, 0.717) is 0 Å². The summed E-state index contributed by atoms with van der Waals surface area (Å²) in [5, 5.41) is 12.8. The van der Waals surface area contributed by atoms with Crippen LogP contribution in [0, 0.1) is 0 Å². The summed E-state index contributed by atoms with van der Waals surface area (Å²) in [5.41, 5.74) is 2.36. The SMILES string of the molecule is CO[C@@H]1C[C@@H](c2nncn2C)N(Cc2cnn3ccccc23)C1. The normalized spacial score (nSPS) is 22.2. The van der Waals surface area contributed by atoms with Crippen LogP contribution < -0.4 is 0 Å². The number of ether oxygens (including phenoxy) is 1. The molecule has 120 valence electrons. The number of pyridine rings is 1. The number of rotatable bonds is 4. The molecule has 0 aliphatic carbocycles. The molecule has 1 saturated heterocycles. The Balaban J connectivity index is 1.64. The fraction of sp³-hybridized carbons (Fsp3) is 0.438. The van der Waals surface area contributed by atoms with Crippen LogP contribution in [0.25, 0.3) is 5.52 Å². The van der Waals surface area contributed by atoms with Crippen LogP contribution in [0.5, 0.6) is 0 Å². The van der Waals surface area contributed by atoms with Gasteiger partial charge in [-0.2, -0.15) is 5.10 Å². The van der Waals surface area contributed by atoms with E-state index in [-0.39, 0.29) is 12.1 Å². The highest BCUT2D eigenvalue weighted by Crippen LogP contribution is 2.33. The first-order valence-corrected chi connectivity index (χ1v) is 7.78. The minimum Gasteiger partial charge on any atom is -0.380 e. The Morgan fingerprint density at radius 3 is 3.04 bits per heavy atom. The summed E-state index contributed by atoms with van der Waals surface area (Å²) in [6.07, 6.45) is 6.83. The van der Waals surface area contributed by atoms with Gasteiger partial charge in [0.1, 0.15) is 12.2 Å². The zero-order chi connectivity index (χ0) is 15.8. The summed E-state index contributed by atoms with van der Waals surface area (Å²) in [5.74, 6) is 0.987. The predicted molar refractivity (Wildman–Crippen MR) is 84.8 cm³/mol. The van der Waals surface area contributed by atoms with Gasteiger partial charge in [-0.25, -0.2) is 4.52 Å². The number of methoxy groups -OCH3 is 1. The molecule has 0 unspecified atom stereocenters. The molecule has 4 heterocycles. The average molecular weight is 312 g/mol. The predicted octanol–water partition coefficient (Wildman–Crippen LogP) is 1.42. The highest BCUT2D eigenvalue weighted by Gasteiger charge is 2.36. The van der Waals surface area contributed by atoms with E-state index in [0.717, 1.165) is 30.9 Å². The Morgan fingerprint density at radius 1 is 1.35 bits per heavy atom. The lowest BCUT2D eigenvalue weighted by molar-refractivity contribution is 0.107. The van der Waals surface area contributed by atoms with Crippen molar-refractivity contribution in [3.63, 3.8) is 0 Å². The molecule has 7 heteroatoms. The zero-order valence-corrected chi connectivity index (χ0v) is 13.3. The minimum absolute atomic E-state index is 0.214. The van der Waals surface area contributed by atoms with E-state index in [4.69, 9.17) is 4.74 Å². The first kappa shape index (κ1) is 14.3. The molecule has 0 spiro atoms. The monoisotopic (exact) mass is 312 g/mol. The zero-order valence-electron chi connectivity index (χ0n) is 13.3. The van der Waals surface area contributed by atoms with E-state index in [2.05, 4.69) is 26.3 Å². The lowest BCUT2D eigenvalue weighted by Crippen LogP contribution is -2.26. The van der Waals surface area contributed by atoms with Crippen molar-refractivity contribution in [1.82, 2.24) is 29.3 Å². The van der Waals surface area contributed by atoms with Crippen LogP contribution in [0.4, 0.5) is 0 Å². The summed E-state index contributed by atoms with van der Waals surface area (Å²) >= 11 is 0. The van der Waals surface area contributed by atoms with Crippen molar-refractivity contribution in [2.24, 2.45) is 7.05 Å². The van der Waals surface area contributed by atoms with Crippen LogP contribution in [-0.4, -0.2) is 49.0 Å². The Morgan fingerprint density at radius 2 is 2.26 bits per heavy atom. The van der Waals surface area contributed by atoms with E-state index in [1.54, 1.807) is 13.4 Å². The molecule has 0 N–H and O–H groups in total. The van der Waals surface area contributed by atoms with Gasteiger partial charge in [0.15, 0.2) is 0 Å². The molecule has 0 aromatic carbocycles. The van der Waals surface area contributed by atoms with E-state index in [9.17, 15) is 0 Å². The standard InChI is InChI=1S/C16H20N6O/c1-20-11-17-19-16(20)15-7-13(23-2)10-21(15)9-12-8-18-22-6-4-3-5-14(12)22/h3-6,8,11,13,15H,7,9-10H2,1-2H3/t13-,15+/m1/s1. The second-order valence-corrected chi connectivity index (χ2v) is 6.04. The third-order valence-corrected chi connectivity index (χ3v) is 4.62. The van der Waals surface area contributed by atoms with Crippen LogP contribution in [0.15, 0.2) is 36.9 Å². The maximum absolute atomic E-state index is 5.60. The van der Waals surface area contributed by atoms with Crippen molar-refractivity contribution in [2.75, 3.05) is 13.7 Å². The number of likely N-dealkylation sites (tertiary alicyclic amines) is 1. The number of fused-ring (bicyclic) bond motifs is 1. The average Bonchev–Trinajstić information content (AvgIpc) is 3.27. The van der Waals surface area contributed by atoms with Crippen LogP contribution in [0.2, 0.25) is 0 Å². The summed E-state index contributed by atoms with van der Waals surface area (Å²) in [7, 11) is 3.76. The number of aryl methyl sites for hydroxylation is 1. The second-order valence-electron chi connectivity index (χ2n) is 6.04. The van der Waals surface area contributed by atoms with Gasteiger partial charge in [0, 0.05) is 39.0 Å². The Bertz CT molecular complexity index is 810. The number of aromatic nitrogens is 5. The molecular weight excluding hydrogens is 292 g/mol. The third kappa shape index (κ3) is 2.51. The molecular formula is C16H20N6O. The summed E-state index contributed by atoms with van der Waals surface area (Å²) in [6, 6.07) is 6.35. The molecule has 0 radical (unpaired) electrons. The largest absolute Gasteiger partial charge is 0.380 e. The van der Waals surface area contributed by atoms with Crippen molar-refractivity contribution < 1.29 is 4.74 Å². The number of hydrogen-bond donors (Lipinski definition) is 0. The van der Waals surface area contributed by atoms with Crippen LogP contribution in [0.3, 0.4) is 0 Å².